The second-order valence-electron chi connectivity index (χ2n) is 4.99. The lowest BCUT2D eigenvalue weighted by molar-refractivity contribution is -0.692. The van der Waals surface area contributed by atoms with Gasteiger partial charge in [-0.25, -0.2) is 0 Å². The van der Waals surface area contributed by atoms with Crippen LogP contribution in [0.2, 0.25) is 0 Å². The van der Waals surface area contributed by atoms with Crippen LogP contribution in [0.5, 0.6) is 0 Å². The van der Waals surface area contributed by atoms with Crippen molar-refractivity contribution in [3.8, 4) is 0 Å². The lowest BCUT2D eigenvalue weighted by atomic mass is 10.3. The molecule has 0 atom stereocenters. The summed E-state index contributed by atoms with van der Waals surface area (Å²) in [6.07, 6.45) is 10.0. The molecule has 0 amide bonds. The van der Waals surface area contributed by atoms with Gasteiger partial charge in [-0.15, -0.1) is 0 Å². The predicted octanol–water partition coefficient (Wildman–Crippen LogP) is -2.58. The Bertz CT molecular complexity index is 757. The van der Waals surface area contributed by atoms with E-state index in [1.165, 1.54) is 12.4 Å². The molecular weight excluding hydrogens is 407 g/mol. The van der Waals surface area contributed by atoms with Crippen molar-refractivity contribution in [1.29, 1.82) is 0 Å². The van der Waals surface area contributed by atoms with Gasteiger partial charge in [0.2, 0.25) is 0 Å². The Labute approximate surface area is 150 Å². The van der Waals surface area contributed by atoms with E-state index in [2.05, 4.69) is 0 Å². The quantitative estimate of drug-likeness (QED) is 0.342. The molecule has 3 aromatic heterocycles. The normalized spacial score (nSPS) is 10.1. The Morgan fingerprint density at radius 1 is 0.783 bits per heavy atom. The van der Waals surface area contributed by atoms with E-state index in [0.29, 0.717) is 28.9 Å². The van der Waals surface area contributed by atoms with Gasteiger partial charge in [0.15, 0.2) is 37.9 Å². The fourth-order valence-corrected chi connectivity index (χ4v) is 2.28. The highest BCUT2D eigenvalue weighted by Gasteiger charge is 2.15. The van der Waals surface area contributed by atoms with E-state index in [0.717, 1.165) is 4.73 Å². The number of rotatable bonds is 4. The molecule has 0 aliphatic rings. The zero-order valence-corrected chi connectivity index (χ0v) is 14.5. The summed E-state index contributed by atoms with van der Waals surface area (Å²) in [6, 6.07) is 11.3. The van der Waals surface area contributed by atoms with E-state index >= 15 is 0 Å². The summed E-state index contributed by atoms with van der Waals surface area (Å²) in [7, 11) is 0. The zero-order valence-electron chi connectivity index (χ0n) is 12.3. The minimum absolute atomic E-state index is 0. The lowest BCUT2D eigenvalue weighted by Gasteiger charge is -2.15. The number of hydrogen-bond acceptors (Lipinski definition) is 2. The molecule has 118 valence electrons. The zero-order chi connectivity index (χ0) is 15.4. The maximum atomic E-state index is 12.5. The predicted molar refractivity (Wildman–Crippen MR) is 78.0 cm³/mol. The fourth-order valence-electron chi connectivity index (χ4n) is 2.28. The van der Waals surface area contributed by atoms with Crippen LogP contribution in [0, 0.1) is 10.1 Å². The number of nitrogens with zero attached hydrogens (tertiary/aromatic N) is 4. The van der Waals surface area contributed by atoms with Gasteiger partial charge in [-0.1, -0.05) is 12.1 Å². The van der Waals surface area contributed by atoms with Crippen molar-refractivity contribution in [2.24, 2.45) is 0 Å². The average molecular weight is 423 g/mol. The molecule has 0 saturated heterocycles. The third-order valence-electron chi connectivity index (χ3n) is 3.32. The third-order valence-corrected chi connectivity index (χ3v) is 3.32. The molecular formula is C16H16IN4O2+. The van der Waals surface area contributed by atoms with Crippen LogP contribution < -0.4 is 37.5 Å². The smallest absolute Gasteiger partial charge is 0.253 e. The molecule has 0 spiro atoms. The lowest BCUT2D eigenvalue weighted by Crippen LogP contribution is -3.00. The van der Waals surface area contributed by atoms with Gasteiger partial charge in [-0.2, -0.15) is 9.13 Å². The molecule has 3 heterocycles. The Morgan fingerprint density at radius 2 is 1.17 bits per heavy atom. The van der Waals surface area contributed by atoms with Crippen LogP contribution in [0.15, 0.2) is 73.6 Å². The SMILES string of the molecule is O=[n+]1cc(C[n+]2ccccc2)n([O-])c(C[n+]2ccccc2)c1.[I-]. The highest BCUT2D eigenvalue weighted by atomic mass is 127. The number of pyridine rings is 2. The summed E-state index contributed by atoms with van der Waals surface area (Å²) in [5.74, 6) is 0. The average Bonchev–Trinajstić information content (AvgIpc) is 2.54. The molecule has 3 rings (SSSR count). The van der Waals surface area contributed by atoms with Gasteiger partial charge in [-0.05, 0) is 0 Å². The molecule has 0 bridgehead atoms. The summed E-state index contributed by atoms with van der Waals surface area (Å²) in [6.45, 7) is 0.694. The van der Waals surface area contributed by atoms with Crippen molar-refractivity contribution in [3.05, 3.63) is 95.1 Å². The summed E-state index contributed by atoms with van der Waals surface area (Å²) >= 11 is 0. The maximum absolute atomic E-state index is 12.5. The van der Waals surface area contributed by atoms with Gasteiger partial charge < -0.3 is 33.9 Å². The minimum Gasteiger partial charge on any atom is -1.00 e. The highest BCUT2D eigenvalue weighted by Crippen LogP contribution is 2.01. The fraction of sp³-hybridized carbons (Fsp3) is 0.125. The van der Waals surface area contributed by atoms with Crippen LogP contribution in [-0.4, -0.2) is 4.73 Å². The summed E-state index contributed by atoms with van der Waals surface area (Å²) in [5.41, 5.74) is 0.806. The van der Waals surface area contributed by atoms with Crippen molar-refractivity contribution in [2.75, 3.05) is 0 Å². The number of aromatic nitrogens is 4. The molecule has 0 aliphatic heterocycles. The van der Waals surface area contributed by atoms with Crippen LogP contribution in [0.4, 0.5) is 0 Å². The number of halogens is 1. The first-order valence-corrected chi connectivity index (χ1v) is 6.95. The minimum atomic E-state index is 0. The van der Waals surface area contributed by atoms with Crippen LogP contribution in [0.1, 0.15) is 11.4 Å². The molecule has 0 aromatic carbocycles. The second kappa shape index (κ2) is 7.82. The van der Waals surface area contributed by atoms with E-state index in [1.807, 2.05) is 70.3 Å². The molecule has 0 aliphatic carbocycles. The van der Waals surface area contributed by atoms with E-state index in [4.69, 9.17) is 0 Å². The highest BCUT2D eigenvalue weighted by molar-refractivity contribution is 5.04. The Kier molecular flexibility index (Phi) is 5.80. The molecule has 23 heavy (non-hydrogen) atoms. The maximum Gasteiger partial charge on any atom is 0.253 e. The molecule has 3 aromatic rings. The molecule has 7 heteroatoms. The summed E-state index contributed by atoms with van der Waals surface area (Å²) in [5, 5.41) is 12.5. The standard InChI is InChI=1S/C16H16N4O2.HI/c21-19-13-15(11-17-7-3-1-4-8-17)20(22)16(14-19)12-18-9-5-2-6-10-18;/h1-10,13-14H,11-12H2;1H/q+2;/p-1. The van der Waals surface area contributed by atoms with Gasteiger partial charge >= 0.3 is 0 Å². The van der Waals surface area contributed by atoms with E-state index in [1.54, 1.807) is 0 Å². The summed E-state index contributed by atoms with van der Waals surface area (Å²) < 4.78 is 5.22. The molecule has 0 radical (unpaired) electrons. The van der Waals surface area contributed by atoms with Crippen molar-refractivity contribution in [2.45, 2.75) is 13.1 Å². The molecule has 0 N–H and O–H groups in total. The monoisotopic (exact) mass is 423 g/mol. The van der Waals surface area contributed by atoms with Crippen molar-refractivity contribution in [3.63, 3.8) is 0 Å². The van der Waals surface area contributed by atoms with Crippen LogP contribution >= 0.6 is 0 Å². The molecule has 0 fully saturated rings. The van der Waals surface area contributed by atoms with Gasteiger partial charge in [0, 0.05) is 29.2 Å². The van der Waals surface area contributed by atoms with E-state index < -0.39 is 0 Å². The van der Waals surface area contributed by atoms with Crippen molar-refractivity contribution in [1.82, 2.24) is 4.73 Å². The Balaban J connectivity index is 0.00000192. The van der Waals surface area contributed by atoms with Crippen LogP contribution in [0.25, 0.3) is 0 Å². The van der Waals surface area contributed by atoms with Gasteiger partial charge in [-0.3, -0.25) is 0 Å². The molecule has 6 nitrogen and oxygen atoms in total. The van der Waals surface area contributed by atoms with Crippen LogP contribution in [0.3, 0.4) is 0 Å². The van der Waals surface area contributed by atoms with E-state index in [9.17, 15) is 10.1 Å². The Hall–Kier alpha value is -2.29. The number of hydrogen-bond donors (Lipinski definition) is 0. The second-order valence-corrected chi connectivity index (χ2v) is 4.99. The topological polar surface area (TPSA) is 58.7 Å². The van der Waals surface area contributed by atoms with Gasteiger partial charge in [0.1, 0.15) is 11.4 Å². The summed E-state index contributed by atoms with van der Waals surface area (Å²) in [4.78, 5) is 11.8. The van der Waals surface area contributed by atoms with Crippen LogP contribution in [-0.2, 0) is 13.1 Å². The van der Waals surface area contributed by atoms with Crippen molar-refractivity contribution < 1.29 is 37.5 Å². The first-order chi connectivity index (χ1) is 10.7. The van der Waals surface area contributed by atoms with Crippen molar-refractivity contribution >= 4 is 0 Å². The van der Waals surface area contributed by atoms with Gasteiger partial charge in [0.25, 0.3) is 12.4 Å². The molecule has 0 unspecified atom stereocenters. The third kappa shape index (κ3) is 4.35. The largest absolute Gasteiger partial charge is 1.00 e. The Morgan fingerprint density at radius 3 is 1.57 bits per heavy atom. The first kappa shape index (κ1) is 17.1. The van der Waals surface area contributed by atoms with Gasteiger partial charge in [0.05, 0.1) is 4.43 Å². The van der Waals surface area contributed by atoms with E-state index in [-0.39, 0.29) is 24.0 Å². The first-order valence-electron chi connectivity index (χ1n) is 6.95. The molecule has 0 saturated carbocycles.